The summed E-state index contributed by atoms with van der Waals surface area (Å²) in [5.74, 6) is -0.390. The molecule has 2 heterocycles. The lowest BCUT2D eigenvalue weighted by atomic mass is 9.90. The second-order valence-corrected chi connectivity index (χ2v) is 10.1. The van der Waals surface area contributed by atoms with Crippen molar-refractivity contribution in [2.45, 2.75) is 19.4 Å². The number of methoxy groups -OCH3 is 1. The number of nitrogens with zero attached hydrogens (tertiary/aromatic N) is 2. The molecule has 2 aromatic carbocycles. The molecule has 5 nitrogen and oxygen atoms in total. The van der Waals surface area contributed by atoms with Crippen LogP contribution >= 0.6 is 34.5 Å². The fourth-order valence-corrected chi connectivity index (χ4v) is 5.54. The first-order chi connectivity index (χ1) is 16.4. The van der Waals surface area contributed by atoms with E-state index < -0.39 is 0 Å². The molecular weight excluding hydrogens is 491 g/mol. The van der Waals surface area contributed by atoms with Gasteiger partial charge in [-0.3, -0.25) is 9.59 Å². The molecule has 3 aromatic rings. The molecule has 0 saturated heterocycles. The number of hydrogen-bond donors (Lipinski definition) is 0. The number of ether oxygens (including phenoxy) is 1. The second kappa shape index (κ2) is 10.9. The van der Waals surface area contributed by atoms with E-state index in [4.69, 9.17) is 27.9 Å². The van der Waals surface area contributed by atoms with Crippen LogP contribution in [0.2, 0.25) is 10.0 Å². The quantitative estimate of drug-likeness (QED) is 0.409. The van der Waals surface area contributed by atoms with Crippen LogP contribution < -0.4 is 0 Å². The molecule has 0 saturated carbocycles. The van der Waals surface area contributed by atoms with E-state index in [2.05, 4.69) is 30.5 Å². The van der Waals surface area contributed by atoms with E-state index in [1.165, 1.54) is 15.8 Å². The van der Waals surface area contributed by atoms with Crippen LogP contribution in [0.3, 0.4) is 0 Å². The number of halogens is 2. The summed E-state index contributed by atoms with van der Waals surface area (Å²) in [5, 5.41) is 2.76. The highest BCUT2D eigenvalue weighted by Gasteiger charge is 2.34. The van der Waals surface area contributed by atoms with Crippen LogP contribution in [0.5, 0.6) is 0 Å². The molecule has 0 fully saturated rings. The third-order valence-electron chi connectivity index (χ3n) is 6.11. The Morgan fingerprint density at radius 2 is 1.91 bits per heavy atom. The van der Waals surface area contributed by atoms with E-state index >= 15 is 0 Å². The maximum absolute atomic E-state index is 13.7. The lowest BCUT2D eigenvalue weighted by Gasteiger charge is -2.38. The van der Waals surface area contributed by atoms with Crippen molar-refractivity contribution in [1.29, 1.82) is 0 Å². The number of aryl methyl sites for hydroxylation is 1. The molecule has 0 spiro atoms. The molecule has 1 aromatic heterocycles. The Balaban J connectivity index is 1.63. The van der Waals surface area contributed by atoms with Gasteiger partial charge in [-0.1, -0.05) is 47.5 Å². The minimum atomic E-state index is -0.287. The van der Waals surface area contributed by atoms with Crippen LogP contribution in [-0.2, 0) is 16.0 Å². The molecule has 0 bridgehead atoms. The van der Waals surface area contributed by atoms with Gasteiger partial charge >= 0.3 is 0 Å². The van der Waals surface area contributed by atoms with Gasteiger partial charge in [0.2, 0.25) is 5.91 Å². The van der Waals surface area contributed by atoms with Crippen molar-refractivity contribution in [2.24, 2.45) is 0 Å². The predicted octanol–water partition coefficient (Wildman–Crippen LogP) is 5.63. The SMILES string of the molecule is COCCN(CC(=O)N1CCc2sccc2C1c1ccccc1C)C(=O)c1ccc(Cl)c(Cl)c1. The van der Waals surface area contributed by atoms with E-state index in [-0.39, 0.29) is 30.9 Å². The molecule has 8 heteroatoms. The van der Waals surface area contributed by atoms with Gasteiger partial charge < -0.3 is 14.5 Å². The fraction of sp³-hybridized carbons (Fsp3) is 0.308. The molecular formula is C26H26Cl2N2O3S. The van der Waals surface area contributed by atoms with Crippen molar-refractivity contribution in [2.75, 3.05) is 33.4 Å². The standard InChI is InChI=1S/C26H26Cl2N2O3S/c1-17-5-3-4-6-19(17)25-20-10-14-34-23(20)9-11-30(25)24(31)16-29(12-13-33-2)26(32)18-7-8-21(27)22(28)15-18/h3-8,10,14-15,25H,9,11-13,16H2,1-2H3. The van der Waals surface area contributed by atoms with Gasteiger partial charge in [0.05, 0.1) is 22.7 Å². The summed E-state index contributed by atoms with van der Waals surface area (Å²) in [4.78, 5) is 31.7. The molecule has 1 aliphatic heterocycles. The van der Waals surface area contributed by atoms with Gasteiger partial charge in [0.1, 0.15) is 6.54 Å². The lowest BCUT2D eigenvalue weighted by molar-refractivity contribution is -0.134. The van der Waals surface area contributed by atoms with E-state index in [0.717, 1.165) is 23.1 Å². The van der Waals surface area contributed by atoms with Crippen molar-refractivity contribution in [3.8, 4) is 0 Å². The Morgan fingerprint density at radius 3 is 2.65 bits per heavy atom. The van der Waals surface area contributed by atoms with Gasteiger partial charge in [-0.05, 0) is 59.7 Å². The zero-order chi connectivity index (χ0) is 24.2. The third kappa shape index (κ3) is 5.15. The number of carbonyl (C=O) groups excluding carboxylic acids is 2. The first kappa shape index (κ1) is 24.7. The molecule has 2 amide bonds. The summed E-state index contributed by atoms with van der Waals surface area (Å²) in [7, 11) is 1.57. The van der Waals surface area contributed by atoms with Crippen molar-refractivity contribution in [3.05, 3.63) is 91.1 Å². The fourth-order valence-electron chi connectivity index (χ4n) is 4.33. The maximum atomic E-state index is 13.7. The number of benzene rings is 2. The number of fused-ring (bicyclic) bond motifs is 1. The van der Waals surface area contributed by atoms with E-state index in [0.29, 0.717) is 28.8 Å². The zero-order valence-electron chi connectivity index (χ0n) is 19.1. The van der Waals surface area contributed by atoms with Crippen molar-refractivity contribution in [3.63, 3.8) is 0 Å². The molecule has 1 atom stereocenters. The predicted molar refractivity (Wildman–Crippen MR) is 137 cm³/mol. The average molecular weight is 517 g/mol. The van der Waals surface area contributed by atoms with Gasteiger partial charge in [-0.2, -0.15) is 0 Å². The number of thiophene rings is 1. The van der Waals surface area contributed by atoms with Crippen LogP contribution in [0.25, 0.3) is 0 Å². The van der Waals surface area contributed by atoms with E-state index in [1.54, 1.807) is 30.6 Å². The summed E-state index contributed by atoms with van der Waals surface area (Å²) in [6.07, 6.45) is 0.805. The third-order valence-corrected chi connectivity index (χ3v) is 7.85. The summed E-state index contributed by atoms with van der Waals surface area (Å²) in [6.45, 7) is 3.22. The van der Waals surface area contributed by atoms with Gasteiger partial charge in [0.15, 0.2) is 0 Å². The Kier molecular flexibility index (Phi) is 7.94. The Bertz CT molecular complexity index is 1200. The van der Waals surface area contributed by atoms with E-state index in [1.807, 2.05) is 17.0 Å². The topological polar surface area (TPSA) is 49.9 Å². The summed E-state index contributed by atoms with van der Waals surface area (Å²) >= 11 is 13.9. The monoisotopic (exact) mass is 516 g/mol. The van der Waals surface area contributed by atoms with Gasteiger partial charge in [-0.15, -0.1) is 11.3 Å². The highest BCUT2D eigenvalue weighted by atomic mass is 35.5. The molecule has 0 N–H and O–H groups in total. The molecule has 34 heavy (non-hydrogen) atoms. The number of rotatable bonds is 7. The molecule has 4 rings (SSSR count). The van der Waals surface area contributed by atoms with Gasteiger partial charge in [0.25, 0.3) is 5.91 Å². The lowest BCUT2D eigenvalue weighted by Crippen LogP contribution is -2.47. The molecule has 0 radical (unpaired) electrons. The Hall–Kier alpha value is -2.38. The highest BCUT2D eigenvalue weighted by Crippen LogP contribution is 2.39. The molecule has 0 aliphatic carbocycles. The minimum Gasteiger partial charge on any atom is -0.383 e. The zero-order valence-corrected chi connectivity index (χ0v) is 21.4. The summed E-state index contributed by atoms with van der Waals surface area (Å²) in [5.41, 5.74) is 3.78. The Morgan fingerprint density at radius 1 is 1.12 bits per heavy atom. The first-order valence-corrected chi connectivity index (χ1v) is 12.7. The largest absolute Gasteiger partial charge is 0.383 e. The van der Waals surface area contributed by atoms with Gasteiger partial charge in [0, 0.05) is 30.6 Å². The van der Waals surface area contributed by atoms with E-state index in [9.17, 15) is 9.59 Å². The number of amides is 2. The summed E-state index contributed by atoms with van der Waals surface area (Å²) in [6, 6.07) is 14.8. The van der Waals surface area contributed by atoms with Crippen molar-refractivity contribution < 1.29 is 14.3 Å². The minimum absolute atomic E-state index is 0.0513. The van der Waals surface area contributed by atoms with Gasteiger partial charge in [-0.25, -0.2) is 0 Å². The second-order valence-electron chi connectivity index (χ2n) is 8.24. The van der Waals surface area contributed by atoms with Crippen molar-refractivity contribution in [1.82, 2.24) is 9.80 Å². The summed E-state index contributed by atoms with van der Waals surface area (Å²) < 4.78 is 5.21. The number of hydrogen-bond acceptors (Lipinski definition) is 4. The Labute approximate surface area is 213 Å². The normalized spacial score (nSPS) is 15.2. The van der Waals surface area contributed by atoms with Crippen LogP contribution in [0.15, 0.2) is 53.9 Å². The maximum Gasteiger partial charge on any atom is 0.254 e. The van der Waals surface area contributed by atoms with Crippen LogP contribution in [-0.4, -0.2) is 55.0 Å². The molecule has 178 valence electrons. The highest BCUT2D eigenvalue weighted by molar-refractivity contribution is 7.10. The van der Waals surface area contributed by atoms with Crippen LogP contribution in [0.1, 0.15) is 38.0 Å². The molecule has 1 aliphatic rings. The first-order valence-electron chi connectivity index (χ1n) is 11.0. The average Bonchev–Trinajstić information content (AvgIpc) is 3.32. The van der Waals surface area contributed by atoms with Crippen LogP contribution in [0, 0.1) is 6.92 Å². The smallest absolute Gasteiger partial charge is 0.254 e. The number of carbonyl (C=O) groups is 2. The van der Waals surface area contributed by atoms with Crippen molar-refractivity contribution >= 4 is 46.4 Å². The van der Waals surface area contributed by atoms with Crippen LogP contribution in [0.4, 0.5) is 0 Å². The molecule has 1 unspecified atom stereocenters.